The third kappa shape index (κ3) is 3.67. The van der Waals surface area contributed by atoms with Gasteiger partial charge in [-0.1, -0.05) is 6.07 Å². The summed E-state index contributed by atoms with van der Waals surface area (Å²) in [5.74, 6) is -1.31. The summed E-state index contributed by atoms with van der Waals surface area (Å²) in [6.45, 7) is 1.80. The third-order valence-electron chi connectivity index (χ3n) is 3.27. The van der Waals surface area contributed by atoms with Gasteiger partial charge in [0.15, 0.2) is 5.78 Å². The van der Waals surface area contributed by atoms with Crippen LogP contribution in [-0.2, 0) is 6.42 Å². The number of rotatable bonds is 5. The Balaban J connectivity index is 2.09. The molecule has 0 amide bonds. The van der Waals surface area contributed by atoms with E-state index in [0.29, 0.717) is 35.3 Å². The highest BCUT2D eigenvalue weighted by atomic mass is 19.1. The summed E-state index contributed by atoms with van der Waals surface area (Å²) in [5.41, 5.74) is 1.81. The molecule has 0 heterocycles. The molecule has 0 aliphatic rings. The van der Waals surface area contributed by atoms with Crippen molar-refractivity contribution < 1.29 is 13.6 Å². The molecule has 1 N–H and O–H groups in total. The Kier molecular flexibility index (Phi) is 4.84. The van der Waals surface area contributed by atoms with Crippen LogP contribution < -0.4 is 5.32 Å². The first-order valence-corrected chi connectivity index (χ1v) is 6.74. The lowest BCUT2D eigenvalue weighted by Gasteiger charge is -2.10. The second kappa shape index (κ2) is 6.81. The normalized spacial score (nSPS) is 10.1. The molecule has 112 valence electrons. The fourth-order valence-electron chi connectivity index (χ4n) is 2.06. The Labute approximate surface area is 127 Å². The Morgan fingerprint density at radius 2 is 2.00 bits per heavy atom. The van der Waals surface area contributed by atoms with E-state index < -0.39 is 11.6 Å². The van der Waals surface area contributed by atoms with Gasteiger partial charge in [-0.2, -0.15) is 5.26 Å². The molecular formula is C17H14F2N2O. The van der Waals surface area contributed by atoms with Gasteiger partial charge < -0.3 is 5.32 Å². The number of benzene rings is 2. The molecule has 5 heteroatoms. The van der Waals surface area contributed by atoms with Crippen LogP contribution >= 0.6 is 0 Å². The smallest absolute Gasteiger partial charge is 0.159 e. The van der Waals surface area contributed by atoms with E-state index in [1.54, 1.807) is 18.2 Å². The first-order chi connectivity index (χ1) is 10.5. The average Bonchev–Trinajstić information content (AvgIpc) is 2.49. The predicted molar refractivity (Wildman–Crippen MR) is 79.7 cm³/mol. The molecule has 2 rings (SSSR count). The zero-order valence-electron chi connectivity index (χ0n) is 12.0. The number of carbonyl (C=O) groups is 1. The number of nitrogens with zero attached hydrogens (tertiary/aromatic N) is 1. The van der Waals surface area contributed by atoms with Gasteiger partial charge in [-0.05, 0) is 43.2 Å². The van der Waals surface area contributed by atoms with Gasteiger partial charge >= 0.3 is 0 Å². The third-order valence-corrected chi connectivity index (χ3v) is 3.27. The molecule has 0 aliphatic heterocycles. The number of ketones is 1. The van der Waals surface area contributed by atoms with Crippen molar-refractivity contribution in [1.82, 2.24) is 0 Å². The minimum absolute atomic E-state index is 0.0999. The van der Waals surface area contributed by atoms with Crippen LogP contribution in [0.2, 0.25) is 0 Å². The summed E-state index contributed by atoms with van der Waals surface area (Å²) in [5, 5.41) is 12.1. The highest BCUT2D eigenvalue weighted by molar-refractivity contribution is 5.95. The molecular weight excluding hydrogens is 286 g/mol. The van der Waals surface area contributed by atoms with E-state index >= 15 is 0 Å². The number of hydrogen-bond donors (Lipinski definition) is 1. The van der Waals surface area contributed by atoms with Crippen LogP contribution in [0.15, 0.2) is 36.4 Å². The first kappa shape index (κ1) is 15.6. The monoisotopic (exact) mass is 300 g/mol. The van der Waals surface area contributed by atoms with Gasteiger partial charge in [-0.25, -0.2) is 8.78 Å². The lowest BCUT2D eigenvalue weighted by molar-refractivity contribution is 0.101. The Hall–Kier alpha value is -2.74. The summed E-state index contributed by atoms with van der Waals surface area (Å²) < 4.78 is 26.4. The Morgan fingerprint density at radius 3 is 2.64 bits per heavy atom. The van der Waals surface area contributed by atoms with E-state index in [4.69, 9.17) is 5.26 Å². The maximum absolute atomic E-state index is 13.5. The van der Waals surface area contributed by atoms with E-state index in [2.05, 4.69) is 5.32 Å². The predicted octanol–water partition coefficient (Wildman–Crippen LogP) is 3.69. The van der Waals surface area contributed by atoms with Crippen LogP contribution in [0.25, 0.3) is 0 Å². The fraction of sp³-hybridized carbons (Fsp3) is 0.176. The molecule has 0 spiro atoms. The summed E-state index contributed by atoms with van der Waals surface area (Å²) in [4.78, 5) is 11.4. The number of carbonyl (C=O) groups excluding carboxylic acids is 1. The SMILES string of the molecule is CC(=O)c1ccc(C#N)c(NCCc2ccc(F)cc2F)c1. The van der Waals surface area contributed by atoms with Crippen LogP contribution in [-0.4, -0.2) is 12.3 Å². The van der Waals surface area contributed by atoms with E-state index in [1.807, 2.05) is 6.07 Å². The minimum Gasteiger partial charge on any atom is -0.384 e. The molecule has 0 saturated heterocycles. The molecule has 0 bridgehead atoms. The van der Waals surface area contributed by atoms with Crippen molar-refractivity contribution >= 4 is 11.5 Å². The molecule has 0 saturated carbocycles. The quantitative estimate of drug-likeness (QED) is 0.857. The van der Waals surface area contributed by atoms with Gasteiger partial charge in [0.05, 0.1) is 11.3 Å². The van der Waals surface area contributed by atoms with Crippen LogP contribution in [0.3, 0.4) is 0 Å². The standard InChI is InChI=1S/C17H14F2N2O/c1-11(22)13-2-3-14(10-20)17(8-13)21-7-6-12-4-5-15(18)9-16(12)19/h2-5,8-9,21H,6-7H2,1H3. The fourth-order valence-corrected chi connectivity index (χ4v) is 2.06. The Morgan fingerprint density at radius 1 is 1.23 bits per heavy atom. The van der Waals surface area contributed by atoms with Crippen molar-refractivity contribution in [3.63, 3.8) is 0 Å². The van der Waals surface area contributed by atoms with Crippen LogP contribution in [0, 0.1) is 23.0 Å². The average molecular weight is 300 g/mol. The Bertz CT molecular complexity index is 751. The first-order valence-electron chi connectivity index (χ1n) is 6.74. The summed E-state index contributed by atoms with van der Waals surface area (Å²) in [7, 11) is 0. The molecule has 3 nitrogen and oxygen atoms in total. The number of halogens is 2. The lowest BCUT2D eigenvalue weighted by Crippen LogP contribution is -2.08. The second-order valence-corrected chi connectivity index (χ2v) is 4.84. The van der Waals surface area contributed by atoms with Gasteiger partial charge in [-0.3, -0.25) is 4.79 Å². The molecule has 0 radical (unpaired) electrons. The zero-order valence-corrected chi connectivity index (χ0v) is 12.0. The number of nitrogens with one attached hydrogen (secondary N) is 1. The molecule has 0 aromatic heterocycles. The van der Waals surface area contributed by atoms with Gasteiger partial charge in [0.2, 0.25) is 0 Å². The van der Waals surface area contributed by atoms with Crippen molar-refractivity contribution in [2.45, 2.75) is 13.3 Å². The largest absolute Gasteiger partial charge is 0.384 e. The van der Waals surface area contributed by atoms with Crippen LogP contribution in [0.1, 0.15) is 28.4 Å². The van der Waals surface area contributed by atoms with Crippen molar-refractivity contribution in [1.29, 1.82) is 5.26 Å². The van der Waals surface area contributed by atoms with Gasteiger partial charge in [0.25, 0.3) is 0 Å². The summed E-state index contributed by atoms with van der Waals surface area (Å²) in [6, 6.07) is 10.2. The summed E-state index contributed by atoms with van der Waals surface area (Å²) in [6.07, 6.45) is 0.335. The number of hydrogen-bond acceptors (Lipinski definition) is 3. The van der Waals surface area contributed by atoms with Gasteiger partial charge in [-0.15, -0.1) is 0 Å². The number of Topliss-reactive ketones (excluding diaryl/α,β-unsaturated/α-hetero) is 1. The molecule has 22 heavy (non-hydrogen) atoms. The highest BCUT2D eigenvalue weighted by Crippen LogP contribution is 2.18. The minimum atomic E-state index is -0.616. The lowest BCUT2D eigenvalue weighted by atomic mass is 10.1. The molecule has 0 aliphatic carbocycles. The highest BCUT2D eigenvalue weighted by Gasteiger charge is 2.07. The van der Waals surface area contributed by atoms with Gasteiger partial charge in [0.1, 0.15) is 17.7 Å². The summed E-state index contributed by atoms with van der Waals surface area (Å²) >= 11 is 0. The molecule has 0 fully saturated rings. The number of anilines is 1. The number of nitriles is 1. The van der Waals surface area contributed by atoms with Crippen molar-refractivity contribution in [2.24, 2.45) is 0 Å². The maximum atomic E-state index is 13.5. The zero-order chi connectivity index (χ0) is 16.1. The molecule has 0 unspecified atom stereocenters. The molecule has 2 aromatic rings. The van der Waals surface area contributed by atoms with Crippen LogP contribution in [0.5, 0.6) is 0 Å². The van der Waals surface area contributed by atoms with E-state index in [9.17, 15) is 13.6 Å². The van der Waals surface area contributed by atoms with Crippen molar-refractivity contribution in [3.8, 4) is 6.07 Å². The molecule has 2 aromatic carbocycles. The van der Waals surface area contributed by atoms with E-state index in [-0.39, 0.29) is 5.78 Å². The van der Waals surface area contributed by atoms with Gasteiger partial charge in [0, 0.05) is 18.2 Å². The van der Waals surface area contributed by atoms with Crippen molar-refractivity contribution in [2.75, 3.05) is 11.9 Å². The van der Waals surface area contributed by atoms with E-state index in [0.717, 1.165) is 6.07 Å². The molecule has 0 atom stereocenters. The second-order valence-electron chi connectivity index (χ2n) is 4.84. The topological polar surface area (TPSA) is 52.9 Å². The maximum Gasteiger partial charge on any atom is 0.159 e. The van der Waals surface area contributed by atoms with Crippen LogP contribution in [0.4, 0.5) is 14.5 Å². The van der Waals surface area contributed by atoms with Crippen molar-refractivity contribution in [3.05, 3.63) is 64.7 Å². The van der Waals surface area contributed by atoms with E-state index in [1.165, 1.54) is 19.1 Å².